The van der Waals surface area contributed by atoms with Crippen molar-refractivity contribution in [1.29, 1.82) is 0 Å². The Morgan fingerprint density at radius 2 is 2.20 bits per heavy atom. The summed E-state index contributed by atoms with van der Waals surface area (Å²) in [6, 6.07) is 0.346. The van der Waals surface area contributed by atoms with E-state index in [2.05, 4.69) is 18.7 Å². The summed E-state index contributed by atoms with van der Waals surface area (Å²) in [5.41, 5.74) is 5.93. The number of likely N-dealkylation sites (tertiary alicyclic amines) is 1. The van der Waals surface area contributed by atoms with Gasteiger partial charge in [-0.05, 0) is 45.6 Å². The molecule has 2 aliphatic heterocycles. The van der Waals surface area contributed by atoms with Crippen LogP contribution in [0, 0.1) is 5.92 Å². The minimum absolute atomic E-state index is 0.346. The fourth-order valence-electron chi connectivity index (χ4n) is 2.77. The maximum absolute atomic E-state index is 5.93. The SMILES string of the molecule is CC1CCC(CN2CCC(C(C)N)C2)O1. The normalized spacial score (nSPS) is 39.8. The molecule has 2 fully saturated rings. The lowest BCUT2D eigenvalue weighted by Crippen LogP contribution is -2.33. The summed E-state index contributed by atoms with van der Waals surface area (Å²) in [5, 5.41) is 0. The van der Waals surface area contributed by atoms with Crippen LogP contribution in [0.2, 0.25) is 0 Å². The third kappa shape index (κ3) is 2.92. The molecule has 4 atom stereocenters. The molecule has 3 heteroatoms. The van der Waals surface area contributed by atoms with Gasteiger partial charge in [-0.2, -0.15) is 0 Å². The van der Waals surface area contributed by atoms with Gasteiger partial charge in [-0.1, -0.05) is 0 Å². The average Bonchev–Trinajstić information content (AvgIpc) is 2.76. The second kappa shape index (κ2) is 4.81. The first-order valence-corrected chi connectivity index (χ1v) is 6.28. The van der Waals surface area contributed by atoms with E-state index >= 15 is 0 Å². The quantitative estimate of drug-likeness (QED) is 0.764. The predicted molar refractivity (Wildman–Crippen MR) is 61.8 cm³/mol. The summed E-state index contributed by atoms with van der Waals surface area (Å²) in [6.45, 7) is 7.80. The summed E-state index contributed by atoms with van der Waals surface area (Å²) >= 11 is 0. The summed E-state index contributed by atoms with van der Waals surface area (Å²) < 4.78 is 5.85. The molecule has 4 unspecified atom stereocenters. The van der Waals surface area contributed by atoms with Crippen molar-refractivity contribution in [3.05, 3.63) is 0 Å². The Hall–Kier alpha value is -0.120. The Kier molecular flexibility index (Phi) is 3.65. The topological polar surface area (TPSA) is 38.5 Å². The average molecular weight is 212 g/mol. The van der Waals surface area contributed by atoms with Crippen LogP contribution in [0.5, 0.6) is 0 Å². The Labute approximate surface area is 93.0 Å². The van der Waals surface area contributed by atoms with Gasteiger partial charge in [-0.15, -0.1) is 0 Å². The fourth-order valence-corrected chi connectivity index (χ4v) is 2.77. The van der Waals surface area contributed by atoms with Crippen molar-refractivity contribution in [1.82, 2.24) is 4.90 Å². The molecule has 0 amide bonds. The minimum Gasteiger partial charge on any atom is -0.374 e. The zero-order chi connectivity index (χ0) is 10.8. The third-order valence-electron chi connectivity index (χ3n) is 3.83. The van der Waals surface area contributed by atoms with Crippen LogP contribution in [0.15, 0.2) is 0 Å². The molecule has 0 aromatic heterocycles. The molecule has 2 N–H and O–H groups in total. The molecule has 0 aromatic carbocycles. The maximum Gasteiger partial charge on any atom is 0.0706 e. The van der Waals surface area contributed by atoms with Crippen molar-refractivity contribution < 1.29 is 4.74 Å². The van der Waals surface area contributed by atoms with Crippen molar-refractivity contribution in [2.75, 3.05) is 19.6 Å². The van der Waals surface area contributed by atoms with Gasteiger partial charge in [0, 0.05) is 19.1 Å². The van der Waals surface area contributed by atoms with Crippen molar-refractivity contribution in [2.45, 2.75) is 51.4 Å². The van der Waals surface area contributed by atoms with E-state index in [0.717, 1.165) is 6.54 Å². The van der Waals surface area contributed by atoms with E-state index in [1.165, 1.54) is 32.4 Å². The summed E-state index contributed by atoms with van der Waals surface area (Å²) in [5.74, 6) is 0.698. The zero-order valence-corrected chi connectivity index (χ0v) is 9.98. The number of nitrogens with zero attached hydrogens (tertiary/aromatic N) is 1. The van der Waals surface area contributed by atoms with Gasteiger partial charge < -0.3 is 15.4 Å². The van der Waals surface area contributed by atoms with Gasteiger partial charge in [0.05, 0.1) is 12.2 Å². The lowest BCUT2D eigenvalue weighted by atomic mass is 10.0. The molecule has 0 bridgehead atoms. The second-order valence-corrected chi connectivity index (χ2v) is 5.31. The van der Waals surface area contributed by atoms with Crippen LogP contribution in [0.1, 0.15) is 33.1 Å². The van der Waals surface area contributed by atoms with Crippen LogP contribution in [-0.4, -0.2) is 42.8 Å². The summed E-state index contributed by atoms with van der Waals surface area (Å²) in [7, 11) is 0. The lowest BCUT2D eigenvalue weighted by Gasteiger charge is -2.21. The second-order valence-electron chi connectivity index (χ2n) is 5.31. The lowest BCUT2D eigenvalue weighted by molar-refractivity contribution is 0.0353. The monoisotopic (exact) mass is 212 g/mol. The van der Waals surface area contributed by atoms with E-state index in [-0.39, 0.29) is 0 Å². The van der Waals surface area contributed by atoms with Crippen LogP contribution in [-0.2, 0) is 4.74 Å². The standard InChI is InChI=1S/C12H24N2O/c1-9-3-4-12(15-9)8-14-6-5-11(7-14)10(2)13/h9-12H,3-8,13H2,1-2H3. The summed E-state index contributed by atoms with van der Waals surface area (Å²) in [6.07, 6.45) is 4.68. The molecule has 88 valence electrons. The van der Waals surface area contributed by atoms with Gasteiger partial charge in [-0.3, -0.25) is 0 Å². The Balaban J connectivity index is 1.73. The molecule has 0 saturated carbocycles. The molecule has 0 aliphatic carbocycles. The first kappa shape index (κ1) is 11.4. The number of nitrogens with two attached hydrogens (primary N) is 1. The molecule has 0 radical (unpaired) electrons. The molecule has 0 spiro atoms. The van der Waals surface area contributed by atoms with Crippen molar-refractivity contribution in [2.24, 2.45) is 11.7 Å². The molecule has 0 aromatic rings. The number of hydrogen-bond donors (Lipinski definition) is 1. The summed E-state index contributed by atoms with van der Waals surface area (Å²) in [4.78, 5) is 2.52. The number of hydrogen-bond acceptors (Lipinski definition) is 3. The van der Waals surface area contributed by atoms with Crippen LogP contribution in [0.25, 0.3) is 0 Å². The van der Waals surface area contributed by atoms with Gasteiger partial charge in [0.2, 0.25) is 0 Å². The van der Waals surface area contributed by atoms with Crippen LogP contribution in [0.4, 0.5) is 0 Å². The van der Waals surface area contributed by atoms with Gasteiger partial charge >= 0.3 is 0 Å². The van der Waals surface area contributed by atoms with E-state index in [1.807, 2.05) is 0 Å². The molecule has 15 heavy (non-hydrogen) atoms. The van der Waals surface area contributed by atoms with E-state index in [0.29, 0.717) is 24.2 Å². The molecule has 2 saturated heterocycles. The van der Waals surface area contributed by atoms with Crippen LogP contribution >= 0.6 is 0 Å². The van der Waals surface area contributed by atoms with Gasteiger partial charge in [0.15, 0.2) is 0 Å². The number of rotatable bonds is 3. The molecule has 2 heterocycles. The number of ether oxygens (including phenoxy) is 1. The van der Waals surface area contributed by atoms with E-state index in [1.54, 1.807) is 0 Å². The third-order valence-corrected chi connectivity index (χ3v) is 3.83. The van der Waals surface area contributed by atoms with Gasteiger partial charge in [-0.25, -0.2) is 0 Å². The van der Waals surface area contributed by atoms with Gasteiger partial charge in [0.1, 0.15) is 0 Å². The van der Waals surface area contributed by atoms with Crippen molar-refractivity contribution >= 4 is 0 Å². The fraction of sp³-hybridized carbons (Fsp3) is 1.00. The Morgan fingerprint density at radius 1 is 1.40 bits per heavy atom. The smallest absolute Gasteiger partial charge is 0.0706 e. The molecular weight excluding hydrogens is 188 g/mol. The highest BCUT2D eigenvalue weighted by Gasteiger charge is 2.29. The van der Waals surface area contributed by atoms with Crippen molar-refractivity contribution in [3.8, 4) is 0 Å². The molecule has 2 aliphatic rings. The highest BCUT2D eigenvalue weighted by Crippen LogP contribution is 2.24. The van der Waals surface area contributed by atoms with E-state index < -0.39 is 0 Å². The first-order valence-electron chi connectivity index (χ1n) is 6.28. The Morgan fingerprint density at radius 3 is 2.73 bits per heavy atom. The molecule has 3 nitrogen and oxygen atoms in total. The van der Waals surface area contributed by atoms with Crippen LogP contribution < -0.4 is 5.73 Å². The first-order chi connectivity index (χ1) is 7.15. The van der Waals surface area contributed by atoms with E-state index in [4.69, 9.17) is 10.5 Å². The van der Waals surface area contributed by atoms with Gasteiger partial charge in [0.25, 0.3) is 0 Å². The molecular formula is C12H24N2O. The zero-order valence-electron chi connectivity index (χ0n) is 9.98. The highest BCUT2D eigenvalue weighted by molar-refractivity contribution is 4.83. The van der Waals surface area contributed by atoms with E-state index in [9.17, 15) is 0 Å². The van der Waals surface area contributed by atoms with Crippen LogP contribution in [0.3, 0.4) is 0 Å². The van der Waals surface area contributed by atoms with Crippen molar-refractivity contribution in [3.63, 3.8) is 0 Å². The minimum atomic E-state index is 0.346. The predicted octanol–water partition coefficient (Wildman–Crippen LogP) is 1.22. The largest absolute Gasteiger partial charge is 0.374 e. The Bertz CT molecular complexity index is 208. The maximum atomic E-state index is 5.93. The highest BCUT2D eigenvalue weighted by atomic mass is 16.5. The molecule has 2 rings (SSSR count).